The van der Waals surface area contributed by atoms with E-state index < -0.39 is 0 Å². The van der Waals surface area contributed by atoms with Gasteiger partial charge in [-0.2, -0.15) is 0 Å². The van der Waals surface area contributed by atoms with Crippen LogP contribution in [0.1, 0.15) is 25.5 Å². The van der Waals surface area contributed by atoms with Gasteiger partial charge >= 0.3 is 0 Å². The zero-order valence-corrected chi connectivity index (χ0v) is 13.9. The third kappa shape index (κ3) is 3.33. The van der Waals surface area contributed by atoms with Crippen molar-refractivity contribution in [2.24, 2.45) is 0 Å². The number of halogens is 1. The third-order valence-electron chi connectivity index (χ3n) is 3.78. The van der Waals surface area contributed by atoms with Crippen LogP contribution in [0.25, 0.3) is 0 Å². The molecular weight excluding hydrogens is 318 g/mol. The Morgan fingerprint density at radius 1 is 1.40 bits per heavy atom. The summed E-state index contributed by atoms with van der Waals surface area (Å²) in [7, 11) is 1.86. The molecule has 2 rings (SSSR count). The van der Waals surface area contributed by atoms with Crippen LogP contribution in [0.15, 0.2) is 22.7 Å². The highest BCUT2D eigenvalue weighted by Crippen LogP contribution is 2.30. The van der Waals surface area contributed by atoms with Gasteiger partial charge in [-0.15, -0.1) is 0 Å². The molecular formula is C15H22BrN3O. The molecule has 1 heterocycles. The molecule has 5 heteroatoms. The minimum absolute atomic E-state index is 0.174. The van der Waals surface area contributed by atoms with E-state index in [1.165, 1.54) is 5.56 Å². The summed E-state index contributed by atoms with van der Waals surface area (Å²) in [4.78, 5) is 15.7. The van der Waals surface area contributed by atoms with Gasteiger partial charge in [-0.3, -0.25) is 4.79 Å². The third-order valence-corrected chi connectivity index (χ3v) is 4.42. The van der Waals surface area contributed by atoms with E-state index in [1.54, 1.807) is 4.90 Å². The summed E-state index contributed by atoms with van der Waals surface area (Å²) in [5.41, 5.74) is 2.35. The van der Waals surface area contributed by atoms with Gasteiger partial charge in [0.25, 0.3) is 0 Å². The van der Waals surface area contributed by atoms with Crippen molar-refractivity contribution >= 4 is 27.5 Å². The molecule has 0 saturated carbocycles. The number of rotatable bonds is 4. The molecule has 1 aliphatic heterocycles. The van der Waals surface area contributed by atoms with Crippen LogP contribution in [0, 0.1) is 0 Å². The van der Waals surface area contributed by atoms with Crippen molar-refractivity contribution in [3.63, 3.8) is 0 Å². The average molecular weight is 340 g/mol. The van der Waals surface area contributed by atoms with E-state index in [4.69, 9.17) is 0 Å². The van der Waals surface area contributed by atoms with Gasteiger partial charge in [0.1, 0.15) is 0 Å². The first kappa shape index (κ1) is 15.3. The summed E-state index contributed by atoms with van der Waals surface area (Å²) in [5, 5.41) is 3.41. The summed E-state index contributed by atoms with van der Waals surface area (Å²) in [6, 6.07) is 6.72. The molecule has 1 amide bonds. The fourth-order valence-electron chi connectivity index (χ4n) is 2.44. The number of amides is 1. The zero-order chi connectivity index (χ0) is 14.7. The van der Waals surface area contributed by atoms with Crippen molar-refractivity contribution in [2.45, 2.75) is 19.9 Å². The molecule has 1 N–H and O–H groups in total. The van der Waals surface area contributed by atoms with Crippen molar-refractivity contribution in [3.8, 4) is 0 Å². The van der Waals surface area contributed by atoms with E-state index in [0.717, 1.165) is 29.8 Å². The molecule has 1 saturated heterocycles. The lowest BCUT2D eigenvalue weighted by atomic mass is 10.1. The number of hydrogen-bond acceptors (Lipinski definition) is 3. The largest absolute Gasteiger partial charge is 0.360 e. The van der Waals surface area contributed by atoms with Gasteiger partial charge in [-0.05, 0) is 47.1 Å². The number of carbonyl (C=O) groups is 1. The lowest BCUT2D eigenvalue weighted by molar-refractivity contribution is -0.129. The van der Waals surface area contributed by atoms with Gasteiger partial charge in [0.2, 0.25) is 5.91 Å². The second-order valence-electron chi connectivity index (χ2n) is 5.23. The smallest absolute Gasteiger partial charge is 0.241 e. The molecule has 1 aromatic rings. The molecule has 0 spiro atoms. The van der Waals surface area contributed by atoms with E-state index in [2.05, 4.69) is 58.2 Å². The zero-order valence-electron chi connectivity index (χ0n) is 12.3. The maximum Gasteiger partial charge on any atom is 0.241 e. The molecule has 1 aliphatic rings. The Morgan fingerprint density at radius 2 is 2.15 bits per heavy atom. The highest BCUT2D eigenvalue weighted by Gasteiger charge is 2.22. The van der Waals surface area contributed by atoms with Gasteiger partial charge in [-0.25, -0.2) is 0 Å². The number of piperazine rings is 1. The quantitative estimate of drug-likeness (QED) is 0.914. The van der Waals surface area contributed by atoms with Gasteiger partial charge in [0, 0.05) is 30.7 Å². The number of nitrogens with one attached hydrogen (secondary N) is 1. The Balaban J connectivity index is 2.15. The highest BCUT2D eigenvalue weighted by molar-refractivity contribution is 9.10. The maximum absolute atomic E-state index is 11.8. The molecule has 4 nitrogen and oxygen atoms in total. The molecule has 20 heavy (non-hydrogen) atoms. The van der Waals surface area contributed by atoms with Crippen LogP contribution in [0.3, 0.4) is 0 Å². The van der Waals surface area contributed by atoms with Crippen molar-refractivity contribution in [3.05, 3.63) is 28.2 Å². The fraction of sp³-hybridized carbons (Fsp3) is 0.533. The molecule has 0 bridgehead atoms. The standard InChI is InChI=1S/C15H22BrN3O/c1-4-17-11(2)12-5-6-14(13(16)9-12)19-8-7-18(3)15(20)10-19/h5-6,9,11,17H,4,7-8,10H2,1-3H3. The number of hydrogen-bond donors (Lipinski definition) is 1. The number of benzene rings is 1. The van der Waals surface area contributed by atoms with E-state index in [1.807, 2.05) is 7.05 Å². The Labute approximate surface area is 129 Å². The summed E-state index contributed by atoms with van der Waals surface area (Å²) in [6.07, 6.45) is 0. The topological polar surface area (TPSA) is 35.6 Å². The van der Waals surface area contributed by atoms with E-state index in [9.17, 15) is 4.79 Å². The van der Waals surface area contributed by atoms with Gasteiger partial charge in [0.15, 0.2) is 0 Å². The first-order valence-corrected chi connectivity index (χ1v) is 7.84. The van der Waals surface area contributed by atoms with Crippen LogP contribution < -0.4 is 10.2 Å². The number of likely N-dealkylation sites (N-methyl/N-ethyl adjacent to an activating group) is 1. The lowest BCUT2D eigenvalue weighted by Crippen LogP contribution is -2.48. The Morgan fingerprint density at radius 3 is 2.75 bits per heavy atom. The average Bonchev–Trinajstić information content (AvgIpc) is 2.42. The van der Waals surface area contributed by atoms with E-state index in [0.29, 0.717) is 12.6 Å². The predicted octanol–water partition coefficient (Wildman–Crippen LogP) is 2.40. The van der Waals surface area contributed by atoms with Crippen LogP contribution in [-0.2, 0) is 4.79 Å². The van der Waals surface area contributed by atoms with Gasteiger partial charge in [-0.1, -0.05) is 13.0 Å². The second-order valence-corrected chi connectivity index (χ2v) is 6.08. The number of nitrogens with zero attached hydrogens (tertiary/aromatic N) is 2. The first-order valence-electron chi connectivity index (χ1n) is 7.04. The van der Waals surface area contributed by atoms with Crippen molar-refractivity contribution in [1.82, 2.24) is 10.2 Å². The van der Waals surface area contributed by atoms with Gasteiger partial charge < -0.3 is 15.1 Å². The molecule has 110 valence electrons. The molecule has 1 aromatic carbocycles. The van der Waals surface area contributed by atoms with Gasteiger partial charge in [0.05, 0.1) is 12.2 Å². The molecule has 0 aliphatic carbocycles. The first-order chi connectivity index (χ1) is 9.52. The molecule has 1 fully saturated rings. The Bertz CT molecular complexity index is 492. The Hall–Kier alpha value is -1.07. The van der Waals surface area contributed by atoms with Crippen molar-refractivity contribution in [1.29, 1.82) is 0 Å². The van der Waals surface area contributed by atoms with Crippen LogP contribution in [-0.4, -0.2) is 44.0 Å². The Kier molecular flexibility index (Phi) is 5.05. The minimum atomic E-state index is 0.174. The van der Waals surface area contributed by atoms with Crippen molar-refractivity contribution < 1.29 is 4.79 Å². The SMILES string of the molecule is CCNC(C)c1ccc(N2CCN(C)C(=O)C2)c(Br)c1. The molecule has 1 atom stereocenters. The summed E-state index contributed by atoms with van der Waals surface area (Å²) < 4.78 is 1.05. The second kappa shape index (κ2) is 6.59. The monoisotopic (exact) mass is 339 g/mol. The highest BCUT2D eigenvalue weighted by atomic mass is 79.9. The van der Waals surface area contributed by atoms with Crippen LogP contribution >= 0.6 is 15.9 Å². The molecule has 0 radical (unpaired) electrons. The van der Waals surface area contributed by atoms with Crippen LogP contribution in [0.2, 0.25) is 0 Å². The normalized spacial score (nSPS) is 17.5. The van der Waals surface area contributed by atoms with Crippen LogP contribution in [0.5, 0.6) is 0 Å². The maximum atomic E-state index is 11.8. The fourth-order valence-corrected chi connectivity index (χ4v) is 3.08. The van der Waals surface area contributed by atoms with Crippen LogP contribution in [0.4, 0.5) is 5.69 Å². The molecule has 0 aromatic heterocycles. The summed E-state index contributed by atoms with van der Waals surface area (Å²) in [6.45, 7) is 7.33. The van der Waals surface area contributed by atoms with E-state index >= 15 is 0 Å². The molecule has 1 unspecified atom stereocenters. The number of anilines is 1. The summed E-state index contributed by atoms with van der Waals surface area (Å²) in [5.74, 6) is 0.174. The number of carbonyl (C=O) groups excluding carboxylic acids is 1. The minimum Gasteiger partial charge on any atom is -0.360 e. The summed E-state index contributed by atoms with van der Waals surface area (Å²) >= 11 is 3.64. The predicted molar refractivity (Wildman–Crippen MR) is 86.1 cm³/mol. The lowest BCUT2D eigenvalue weighted by Gasteiger charge is -2.34. The van der Waals surface area contributed by atoms with Crippen molar-refractivity contribution in [2.75, 3.05) is 38.1 Å². The van der Waals surface area contributed by atoms with E-state index in [-0.39, 0.29) is 5.91 Å².